The molecule has 0 aromatic carbocycles. The molecule has 0 saturated carbocycles. The number of carboxylic acid groups (broad SMARTS) is 1. The molecule has 0 radical (unpaired) electrons. The fourth-order valence-corrected chi connectivity index (χ4v) is 4.09. The van der Waals surface area contributed by atoms with E-state index in [0.29, 0.717) is 11.7 Å². The molecule has 2 aliphatic heterocycles. The summed E-state index contributed by atoms with van der Waals surface area (Å²) in [6.07, 6.45) is 2.13. The van der Waals surface area contributed by atoms with Gasteiger partial charge in [-0.3, -0.25) is 10.1 Å². The van der Waals surface area contributed by atoms with Crippen LogP contribution < -0.4 is 5.32 Å². The molecule has 0 amide bonds. The standard InChI is InChI=1S/C12H22N2O2S/c1-9(2)7-14-5-3-12(4-6-14)13-10(8-17-12)11(15)16/h9-10,13H,3-8H2,1-2H3,(H,15,16). The van der Waals surface area contributed by atoms with Crippen LogP contribution in [0.1, 0.15) is 26.7 Å². The first-order valence-electron chi connectivity index (χ1n) is 6.37. The molecule has 98 valence electrons. The fraction of sp³-hybridized carbons (Fsp3) is 0.917. The third-order valence-electron chi connectivity index (χ3n) is 3.55. The minimum Gasteiger partial charge on any atom is -0.480 e. The first-order valence-corrected chi connectivity index (χ1v) is 7.36. The monoisotopic (exact) mass is 258 g/mol. The van der Waals surface area contributed by atoms with Gasteiger partial charge in [0.2, 0.25) is 0 Å². The minimum absolute atomic E-state index is 0.0382. The van der Waals surface area contributed by atoms with Crippen LogP contribution in [0.4, 0.5) is 0 Å². The van der Waals surface area contributed by atoms with E-state index < -0.39 is 5.97 Å². The van der Waals surface area contributed by atoms with E-state index in [1.54, 1.807) is 11.8 Å². The van der Waals surface area contributed by atoms with Gasteiger partial charge in [-0.1, -0.05) is 13.8 Å². The Morgan fingerprint density at radius 3 is 2.65 bits per heavy atom. The van der Waals surface area contributed by atoms with Gasteiger partial charge in [-0.15, -0.1) is 11.8 Å². The van der Waals surface area contributed by atoms with E-state index in [4.69, 9.17) is 5.11 Å². The SMILES string of the molecule is CC(C)CN1CCC2(CC1)NC(C(=O)O)CS2. The van der Waals surface area contributed by atoms with Gasteiger partial charge < -0.3 is 10.0 Å². The van der Waals surface area contributed by atoms with Crippen molar-refractivity contribution in [1.82, 2.24) is 10.2 Å². The van der Waals surface area contributed by atoms with Crippen molar-refractivity contribution in [3.63, 3.8) is 0 Å². The van der Waals surface area contributed by atoms with E-state index in [2.05, 4.69) is 24.1 Å². The summed E-state index contributed by atoms with van der Waals surface area (Å²) in [6.45, 7) is 7.82. The maximum Gasteiger partial charge on any atom is 0.321 e. The normalized spacial score (nSPS) is 29.0. The number of nitrogens with one attached hydrogen (secondary N) is 1. The lowest BCUT2D eigenvalue weighted by Crippen LogP contribution is -2.52. The quantitative estimate of drug-likeness (QED) is 0.797. The Kier molecular flexibility index (Phi) is 4.00. The molecule has 2 N–H and O–H groups in total. The highest BCUT2D eigenvalue weighted by Gasteiger charge is 2.43. The molecule has 0 aliphatic carbocycles. The lowest BCUT2D eigenvalue weighted by molar-refractivity contribution is -0.139. The van der Waals surface area contributed by atoms with E-state index in [0.717, 1.165) is 32.5 Å². The summed E-state index contributed by atoms with van der Waals surface area (Å²) in [6, 6.07) is -0.350. The number of nitrogens with zero attached hydrogens (tertiary/aromatic N) is 1. The van der Waals surface area contributed by atoms with Crippen molar-refractivity contribution in [3.05, 3.63) is 0 Å². The lowest BCUT2D eigenvalue weighted by Gasteiger charge is -2.39. The summed E-state index contributed by atoms with van der Waals surface area (Å²) in [5.41, 5.74) is 0. The van der Waals surface area contributed by atoms with E-state index in [1.807, 2.05) is 0 Å². The zero-order valence-electron chi connectivity index (χ0n) is 10.6. The van der Waals surface area contributed by atoms with Gasteiger partial charge in [-0.25, -0.2) is 0 Å². The Morgan fingerprint density at radius 2 is 2.18 bits per heavy atom. The first kappa shape index (κ1) is 13.2. The molecule has 2 rings (SSSR count). The molecule has 1 atom stereocenters. The lowest BCUT2D eigenvalue weighted by atomic mass is 10.0. The first-order chi connectivity index (χ1) is 8.01. The average molecular weight is 258 g/mol. The number of carbonyl (C=O) groups is 1. The second-order valence-corrected chi connectivity index (χ2v) is 6.94. The Balaban J connectivity index is 1.84. The number of aliphatic carboxylic acids is 1. The van der Waals surface area contributed by atoms with E-state index in [9.17, 15) is 4.79 Å². The highest BCUT2D eigenvalue weighted by atomic mass is 32.2. The highest BCUT2D eigenvalue weighted by Crippen LogP contribution is 2.39. The predicted octanol–water partition coefficient (Wildman–Crippen LogP) is 1.22. The molecule has 2 heterocycles. The van der Waals surface area contributed by atoms with Gasteiger partial charge in [0.25, 0.3) is 0 Å². The van der Waals surface area contributed by atoms with E-state index >= 15 is 0 Å². The van der Waals surface area contributed by atoms with Crippen LogP contribution in [0.15, 0.2) is 0 Å². The molecular weight excluding hydrogens is 236 g/mol. The number of rotatable bonds is 3. The van der Waals surface area contributed by atoms with E-state index in [1.165, 1.54) is 0 Å². The highest BCUT2D eigenvalue weighted by molar-refractivity contribution is 8.01. The molecule has 2 fully saturated rings. The maximum atomic E-state index is 11.0. The molecule has 5 heteroatoms. The van der Waals surface area contributed by atoms with Crippen LogP contribution >= 0.6 is 11.8 Å². The van der Waals surface area contributed by atoms with Crippen LogP contribution in [0, 0.1) is 5.92 Å². The zero-order valence-corrected chi connectivity index (χ0v) is 11.4. The van der Waals surface area contributed by atoms with Crippen LogP contribution in [0.2, 0.25) is 0 Å². The van der Waals surface area contributed by atoms with Crippen molar-refractivity contribution in [2.75, 3.05) is 25.4 Å². The topological polar surface area (TPSA) is 52.6 Å². The molecule has 0 aromatic heterocycles. The third kappa shape index (κ3) is 3.14. The van der Waals surface area contributed by atoms with Gasteiger partial charge in [0, 0.05) is 25.4 Å². The average Bonchev–Trinajstić information content (AvgIpc) is 2.66. The molecule has 1 unspecified atom stereocenters. The van der Waals surface area contributed by atoms with Crippen LogP contribution in [0.25, 0.3) is 0 Å². The van der Waals surface area contributed by atoms with Gasteiger partial charge in [0.15, 0.2) is 0 Å². The fourth-order valence-electron chi connectivity index (χ4n) is 2.68. The summed E-state index contributed by atoms with van der Waals surface area (Å²) in [5.74, 6) is 0.707. The molecule has 0 aromatic rings. The molecule has 0 bridgehead atoms. The Bertz CT molecular complexity index is 288. The van der Waals surface area contributed by atoms with Crippen LogP contribution in [-0.4, -0.2) is 52.3 Å². The van der Waals surface area contributed by atoms with Crippen molar-refractivity contribution in [2.24, 2.45) is 5.92 Å². The molecule has 4 nitrogen and oxygen atoms in total. The number of likely N-dealkylation sites (tertiary alicyclic amines) is 1. The number of carboxylic acids is 1. The summed E-state index contributed by atoms with van der Waals surface area (Å²) in [4.78, 5) is 13.5. The largest absolute Gasteiger partial charge is 0.480 e. The molecule has 2 aliphatic rings. The summed E-state index contributed by atoms with van der Waals surface area (Å²) < 4.78 is 0. The Hall–Kier alpha value is -0.260. The van der Waals surface area contributed by atoms with Crippen molar-refractivity contribution >= 4 is 17.7 Å². The van der Waals surface area contributed by atoms with Crippen molar-refractivity contribution in [3.8, 4) is 0 Å². The predicted molar refractivity (Wildman–Crippen MR) is 70.3 cm³/mol. The van der Waals surface area contributed by atoms with E-state index in [-0.39, 0.29) is 10.9 Å². The number of piperidine rings is 1. The van der Waals surface area contributed by atoms with Gasteiger partial charge in [0.05, 0.1) is 4.87 Å². The van der Waals surface area contributed by atoms with Gasteiger partial charge in [-0.05, 0) is 18.8 Å². The van der Waals surface area contributed by atoms with Crippen molar-refractivity contribution < 1.29 is 9.90 Å². The second-order valence-electron chi connectivity index (χ2n) is 5.53. The zero-order chi connectivity index (χ0) is 12.5. The Morgan fingerprint density at radius 1 is 1.53 bits per heavy atom. The number of hydrogen-bond acceptors (Lipinski definition) is 4. The van der Waals surface area contributed by atoms with Gasteiger partial charge in [-0.2, -0.15) is 0 Å². The smallest absolute Gasteiger partial charge is 0.321 e. The summed E-state index contributed by atoms with van der Waals surface area (Å²) >= 11 is 1.80. The molecular formula is C12H22N2O2S. The van der Waals surface area contributed by atoms with Crippen LogP contribution in [0.5, 0.6) is 0 Å². The van der Waals surface area contributed by atoms with Gasteiger partial charge >= 0.3 is 5.97 Å². The van der Waals surface area contributed by atoms with Crippen molar-refractivity contribution in [1.29, 1.82) is 0 Å². The molecule has 17 heavy (non-hydrogen) atoms. The Labute approximate surface area is 107 Å². The van der Waals surface area contributed by atoms with Crippen molar-refractivity contribution in [2.45, 2.75) is 37.6 Å². The minimum atomic E-state index is -0.709. The number of thioether (sulfide) groups is 1. The third-order valence-corrected chi connectivity index (χ3v) is 5.13. The van der Waals surface area contributed by atoms with Crippen LogP contribution in [0.3, 0.4) is 0 Å². The van der Waals surface area contributed by atoms with Crippen LogP contribution in [-0.2, 0) is 4.79 Å². The summed E-state index contributed by atoms with van der Waals surface area (Å²) in [7, 11) is 0. The second kappa shape index (κ2) is 5.16. The number of hydrogen-bond donors (Lipinski definition) is 2. The van der Waals surface area contributed by atoms with Gasteiger partial charge in [0.1, 0.15) is 6.04 Å². The summed E-state index contributed by atoms with van der Waals surface area (Å²) in [5, 5.41) is 12.3. The molecule has 1 spiro atoms. The maximum absolute atomic E-state index is 11.0. The molecule has 2 saturated heterocycles.